The average molecular weight is 325 g/mol. The molecule has 1 heterocycles. The molecule has 7 nitrogen and oxygen atoms in total. The van der Waals surface area contributed by atoms with Crippen molar-refractivity contribution < 1.29 is 8.42 Å². The highest BCUT2D eigenvalue weighted by Crippen LogP contribution is 2.12. The fourth-order valence-corrected chi connectivity index (χ4v) is 1.93. The molecule has 0 spiro atoms. The highest BCUT2D eigenvalue weighted by Gasteiger charge is 2.04. The van der Waals surface area contributed by atoms with E-state index in [1.807, 2.05) is 0 Å². The Balaban J connectivity index is 2.37. The molecule has 0 aromatic carbocycles. The molecule has 1 rings (SSSR count). The number of anilines is 1. The summed E-state index contributed by atoms with van der Waals surface area (Å²) in [7, 11) is -3.14. The number of nitrogens with one attached hydrogen (secondary N) is 3. The molecule has 0 aliphatic carbocycles. The Morgan fingerprint density at radius 1 is 1.47 bits per heavy atom. The van der Waals surface area contributed by atoms with Crippen molar-refractivity contribution in [1.82, 2.24) is 14.7 Å². The summed E-state index contributed by atoms with van der Waals surface area (Å²) in [6.45, 7) is 0.851. The van der Waals surface area contributed by atoms with E-state index in [1.165, 1.54) is 6.33 Å². The second-order valence-electron chi connectivity index (χ2n) is 3.34. The first-order chi connectivity index (χ1) is 7.90. The molecule has 0 atom stereocenters. The third-order valence-electron chi connectivity index (χ3n) is 1.81. The number of hydrogen-bond donors (Lipinski definition) is 3. The monoisotopic (exact) mass is 324 g/mol. The summed E-state index contributed by atoms with van der Waals surface area (Å²) < 4.78 is 24.2. The number of nitrogens with zero attached hydrogens (tertiary/aromatic N) is 1. The number of aromatic amines is 1. The molecule has 1 aromatic rings. The average Bonchev–Trinajstić information content (AvgIpc) is 2.22. The Kier molecular flexibility index (Phi) is 5.09. The van der Waals surface area contributed by atoms with Gasteiger partial charge in [0.1, 0.15) is 10.3 Å². The zero-order valence-corrected chi connectivity index (χ0v) is 11.6. The van der Waals surface area contributed by atoms with Crippen LogP contribution in [0.4, 0.5) is 5.82 Å². The predicted molar refractivity (Wildman–Crippen MR) is 68.5 cm³/mol. The number of H-pyrrole nitrogens is 1. The van der Waals surface area contributed by atoms with E-state index in [4.69, 9.17) is 0 Å². The van der Waals surface area contributed by atoms with Crippen molar-refractivity contribution >= 4 is 31.8 Å². The summed E-state index contributed by atoms with van der Waals surface area (Å²) in [4.78, 5) is 17.5. The molecule has 96 valence electrons. The van der Waals surface area contributed by atoms with Gasteiger partial charge in [0.05, 0.1) is 12.6 Å². The lowest BCUT2D eigenvalue weighted by Crippen LogP contribution is -2.24. The first-order valence-corrected chi connectivity index (χ1v) is 7.50. The Hall–Kier alpha value is -0.930. The minimum Gasteiger partial charge on any atom is -0.369 e. The summed E-state index contributed by atoms with van der Waals surface area (Å²) in [5.41, 5.74) is -0.267. The topological polar surface area (TPSA) is 104 Å². The van der Waals surface area contributed by atoms with Crippen molar-refractivity contribution in [2.75, 3.05) is 24.7 Å². The molecule has 0 aliphatic rings. The van der Waals surface area contributed by atoms with E-state index in [2.05, 4.69) is 35.9 Å². The van der Waals surface area contributed by atoms with Crippen molar-refractivity contribution in [2.24, 2.45) is 0 Å². The SMILES string of the molecule is CS(=O)(=O)NCCCNc1nc[nH]c(=O)c1Br. The number of aromatic nitrogens is 2. The maximum absolute atomic E-state index is 11.2. The predicted octanol–water partition coefficient (Wildman–Crippen LogP) is -0.116. The minimum atomic E-state index is -3.14. The summed E-state index contributed by atoms with van der Waals surface area (Å²) in [6, 6.07) is 0. The van der Waals surface area contributed by atoms with Gasteiger partial charge in [-0.15, -0.1) is 0 Å². The maximum Gasteiger partial charge on any atom is 0.267 e. The summed E-state index contributed by atoms with van der Waals surface area (Å²) in [6.07, 6.45) is 2.99. The van der Waals surface area contributed by atoms with E-state index in [1.54, 1.807) is 0 Å². The molecule has 1 aromatic heterocycles. The molecule has 0 bridgehead atoms. The van der Waals surface area contributed by atoms with E-state index in [-0.39, 0.29) is 5.56 Å². The second kappa shape index (κ2) is 6.12. The Bertz CT molecular complexity index is 528. The molecule has 3 N–H and O–H groups in total. The zero-order chi connectivity index (χ0) is 12.9. The summed E-state index contributed by atoms with van der Waals surface area (Å²) in [5.74, 6) is 0.438. The van der Waals surface area contributed by atoms with Gasteiger partial charge in [0.25, 0.3) is 5.56 Å². The van der Waals surface area contributed by atoms with Gasteiger partial charge in [-0.25, -0.2) is 18.1 Å². The van der Waals surface area contributed by atoms with Gasteiger partial charge >= 0.3 is 0 Å². The summed E-state index contributed by atoms with van der Waals surface area (Å²) in [5, 5.41) is 2.93. The van der Waals surface area contributed by atoms with Crippen LogP contribution in [0.1, 0.15) is 6.42 Å². The minimum absolute atomic E-state index is 0.267. The first-order valence-electron chi connectivity index (χ1n) is 4.82. The zero-order valence-electron chi connectivity index (χ0n) is 9.16. The molecule has 0 saturated heterocycles. The van der Waals surface area contributed by atoms with Crippen molar-refractivity contribution in [3.05, 3.63) is 21.2 Å². The van der Waals surface area contributed by atoms with Gasteiger partial charge in [0.15, 0.2) is 0 Å². The molecule has 0 radical (unpaired) electrons. The quantitative estimate of drug-likeness (QED) is 0.633. The van der Waals surface area contributed by atoms with Crippen LogP contribution in [-0.2, 0) is 10.0 Å². The van der Waals surface area contributed by atoms with Gasteiger partial charge in [0, 0.05) is 13.1 Å². The van der Waals surface area contributed by atoms with Crippen LogP contribution in [0.3, 0.4) is 0 Å². The molecule has 0 saturated carbocycles. The molecular weight excluding hydrogens is 312 g/mol. The third kappa shape index (κ3) is 5.29. The normalized spacial score (nSPS) is 11.4. The lowest BCUT2D eigenvalue weighted by molar-refractivity contribution is 0.586. The van der Waals surface area contributed by atoms with Crippen LogP contribution in [0.15, 0.2) is 15.6 Å². The van der Waals surface area contributed by atoms with Crippen LogP contribution in [0.25, 0.3) is 0 Å². The van der Waals surface area contributed by atoms with Gasteiger partial charge in [0.2, 0.25) is 10.0 Å². The van der Waals surface area contributed by atoms with Crippen LogP contribution < -0.4 is 15.6 Å². The standard InChI is InChI=1S/C8H13BrN4O3S/c1-17(15,16)13-4-2-3-10-7-6(9)8(14)12-5-11-7/h5,13H,2-4H2,1H3,(H2,10,11,12,14). The highest BCUT2D eigenvalue weighted by molar-refractivity contribution is 9.10. The lowest BCUT2D eigenvalue weighted by atomic mass is 10.4. The third-order valence-corrected chi connectivity index (χ3v) is 3.27. The highest BCUT2D eigenvalue weighted by atomic mass is 79.9. The summed E-state index contributed by atoms with van der Waals surface area (Å²) >= 11 is 3.10. The molecule has 0 aliphatic heterocycles. The fraction of sp³-hybridized carbons (Fsp3) is 0.500. The van der Waals surface area contributed by atoms with E-state index in [9.17, 15) is 13.2 Å². The van der Waals surface area contributed by atoms with E-state index < -0.39 is 10.0 Å². The van der Waals surface area contributed by atoms with Crippen molar-refractivity contribution in [3.8, 4) is 0 Å². The van der Waals surface area contributed by atoms with Gasteiger partial charge in [-0.2, -0.15) is 0 Å². The second-order valence-corrected chi connectivity index (χ2v) is 5.97. The van der Waals surface area contributed by atoms with Gasteiger partial charge in [-0.3, -0.25) is 4.79 Å². The van der Waals surface area contributed by atoms with Crippen molar-refractivity contribution in [1.29, 1.82) is 0 Å². The Morgan fingerprint density at radius 3 is 2.82 bits per heavy atom. The van der Waals surface area contributed by atoms with Crippen LogP contribution in [0, 0.1) is 0 Å². The van der Waals surface area contributed by atoms with Crippen LogP contribution in [-0.4, -0.2) is 37.7 Å². The number of rotatable bonds is 6. The number of sulfonamides is 1. The molecule has 0 amide bonds. The van der Waals surface area contributed by atoms with E-state index in [0.717, 1.165) is 6.26 Å². The van der Waals surface area contributed by atoms with Gasteiger partial charge < -0.3 is 10.3 Å². The van der Waals surface area contributed by atoms with E-state index >= 15 is 0 Å². The largest absolute Gasteiger partial charge is 0.369 e. The van der Waals surface area contributed by atoms with Crippen molar-refractivity contribution in [2.45, 2.75) is 6.42 Å². The maximum atomic E-state index is 11.2. The fourth-order valence-electron chi connectivity index (χ4n) is 1.06. The Morgan fingerprint density at radius 2 is 2.18 bits per heavy atom. The Labute approximate surface area is 107 Å². The smallest absolute Gasteiger partial charge is 0.267 e. The van der Waals surface area contributed by atoms with Crippen LogP contribution >= 0.6 is 15.9 Å². The molecular formula is C8H13BrN4O3S. The van der Waals surface area contributed by atoms with E-state index in [0.29, 0.717) is 29.8 Å². The van der Waals surface area contributed by atoms with Gasteiger partial charge in [-0.05, 0) is 22.4 Å². The van der Waals surface area contributed by atoms with Gasteiger partial charge in [-0.1, -0.05) is 0 Å². The number of hydrogen-bond acceptors (Lipinski definition) is 5. The van der Waals surface area contributed by atoms with Crippen molar-refractivity contribution in [3.63, 3.8) is 0 Å². The molecule has 17 heavy (non-hydrogen) atoms. The van der Waals surface area contributed by atoms with Crippen LogP contribution in [0.5, 0.6) is 0 Å². The number of halogens is 1. The molecule has 9 heteroatoms. The first kappa shape index (κ1) is 14.1. The molecule has 0 fully saturated rings. The van der Waals surface area contributed by atoms with Crippen LogP contribution in [0.2, 0.25) is 0 Å². The lowest BCUT2D eigenvalue weighted by Gasteiger charge is -2.06. The molecule has 0 unspecified atom stereocenters.